The lowest BCUT2D eigenvalue weighted by Crippen LogP contribution is -2.50. The minimum atomic E-state index is -3.35. The summed E-state index contributed by atoms with van der Waals surface area (Å²) in [6, 6.07) is 4.72. The van der Waals surface area contributed by atoms with Crippen molar-refractivity contribution in [3.05, 3.63) is 35.1 Å². The highest BCUT2D eigenvalue weighted by atomic mass is 35.5. The van der Waals surface area contributed by atoms with Crippen LogP contribution in [0.15, 0.2) is 29.4 Å². The van der Waals surface area contributed by atoms with Crippen LogP contribution in [0.5, 0.6) is 17.5 Å². The van der Waals surface area contributed by atoms with Gasteiger partial charge >= 0.3 is 6.09 Å². The van der Waals surface area contributed by atoms with E-state index < -0.39 is 9.84 Å². The van der Waals surface area contributed by atoms with E-state index in [0.717, 1.165) is 44.9 Å². The number of halogens is 1. The molecule has 4 fully saturated rings. The van der Waals surface area contributed by atoms with Gasteiger partial charge in [0, 0.05) is 24.9 Å². The predicted octanol–water partition coefficient (Wildman–Crippen LogP) is 5.23. The number of fused-ring (bicyclic) bond motifs is 2. The molecule has 2 saturated heterocycles. The van der Waals surface area contributed by atoms with Gasteiger partial charge in [0.25, 0.3) is 0 Å². The van der Waals surface area contributed by atoms with Crippen molar-refractivity contribution in [1.29, 1.82) is 0 Å². The molecule has 4 aliphatic rings. The fourth-order valence-electron chi connectivity index (χ4n) is 5.43. The summed E-state index contributed by atoms with van der Waals surface area (Å²) < 4.78 is 42.9. The van der Waals surface area contributed by atoms with Gasteiger partial charge in [0.1, 0.15) is 24.3 Å². The second kappa shape index (κ2) is 9.62. The second-order valence-corrected chi connectivity index (χ2v) is 13.1. The van der Waals surface area contributed by atoms with E-state index >= 15 is 0 Å². The molecular formula is C26H30ClN3O6S. The second-order valence-electron chi connectivity index (χ2n) is 10.5. The van der Waals surface area contributed by atoms with Gasteiger partial charge in [-0.2, -0.15) is 0 Å². The average Bonchev–Trinajstić information content (AvgIpc) is 3.66. The Hall–Kier alpha value is -2.59. The molecule has 6 rings (SSSR count). The molecule has 2 saturated carbocycles. The lowest BCUT2D eigenvalue weighted by Gasteiger charge is -2.39. The summed E-state index contributed by atoms with van der Waals surface area (Å²) in [5.74, 6) is 1.01. The van der Waals surface area contributed by atoms with Crippen molar-refractivity contribution >= 4 is 27.5 Å². The molecule has 37 heavy (non-hydrogen) atoms. The molecule has 2 unspecified atom stereocenters. The van der Waals surface area contributed by atoms with Crippen LogP contribution in [0.4, 0.5) is 4.79 Å². The number of hydrogen-bond donors (Lipinski definition) is 0. The smallest absolute Gasteiger partial charge is 0.410 e. The van der Waals surface area contributed by atoms with Crippen molar-refractivity contribution in [3.63, 3.8) is 0 Å². The molecule has 198 valence electrons. The van der Waals surface area contributed by atoms with E-state index in [0.29, 0.717) is 30.0 Å². The molecule has 3 atom stereocenters. The highest BCUT2D eigenvalue weighted by Crippen LogP contribution is 2.40. The number of piperidine rings is 1. The van der Waals surface area contributed by atoms with E-state index in [4.69, 9.17) is 25.8 Å². The zero-order valence-electron chi connectivity index (χ0n) is 20.6. The van der Waals surface area contributed by atoms with Crippen LogP contribution in [0.25, 0.3) is 0 Å². The Morgan fingerprint density at radius 3 is 2.32 bits per heavy atom. The van der Waals surface area contributed by atoms with Crippen LogP contribution in [0, 0.1) is 6.92 Å². The zero-order valence-corrected chi connectivity index (χ0v) is 22.2. The van der Waals surface area contributed by atoms with Crippen LogP contribution in [0.1, 0.15) is 63.4 Å². The third-order valence-electron chi connectivity index (χ3n) is 7.89. The van der Waals surface area contributed by atoms with Crippen molar-refractivity contribution in [1.82, 2.24) is 14.9 Å². The molecule has 0 N–H and O–H groups in total. The number of sulfone groups is 1. The van der Waals surface area contributed by atoms with Gasteiger partial charge in [-0.15, -0.1) is 0 Å². The normalized spacial score (nSPS) is 25.5. The molecule has 2 aliphatic heterocycles. The van der Waals surface area contributed by atoms with E-state index in [2.05, 4.69) is 9.97 Å². The lowest BCUT2D eigenvalue weighted by atomic mass is 9.96. The number of nitrogens with zero attached hydrogens (tertiary/aromatic N) is 3. The lowest BCUT2D eigenvalue weighted by molar-refractivity contribution is -0.00516. The van der Waals surface area contributed by atoms with Gasteiger partial charge in [0.2, 0.25) is 11.8 Å². The number of amides is 1. The third-order valence-corrected chi connectivity index (χ3v) is 10.4. The maximum atomic E-state index is 12.7. The topological polar surface area (TPSA) is 108 Å². The molecule has 2 bridgehead atoms. The van der Waals surface area contributed by atoms with Gasteiger partial charge in [0.05, 0.1) is 20.7 Å². The summed E-state index contributed by atoms with van der Waals surface area (Å²) in [5, 5.41) is -0.116. The van der Waals surface area contributed by atoms with Crippen LogP contribution in [-0.2, 0) is 14.6 Å². The Bertz CT molecular complexity index is 1300. The molecule has 1 amide bonds. The van der Waals surface area contributed by atoms with Crippen LogP contribution < -0.4 is 9.47 Å². The molecule has 1 aromatic heterocycles. The third kappa shape index (κ3) is 4.85. The first-order valence-corrected chi connectivity index (χ1v) is 14.9. The summed E-state index contributed by atoms with van der Waals surface area (Å²) >= 11 is 6.37. The average molecular weight is 548 g/mol. The summed E-state index contributed by atoms with van der Waals surface area (Å²) in [4.78, 5) is 23.4. The SMILES string of the molecule is Cc1c(Oc2ccc(S(=O)(=O)C3CC3)cc2Cl)ncnc1OC1CC2CC[C@@H](C1)N2C(=O)OC1CCC1. The molecule has 2 aromatic rings. The minimum Gasteiger partial charge on any atom is -0.474 e. The number of hydrogen-bond acceptors (Lipinski definition) is 8. The monoisotopic (exact) mass is 547 g/mol. The fourth-order valence-corrected chi connectivity index (χ4v) is 7.39. The van der Waals surface area contributed by atoms with E-state index in [9.17, 15) is 13.2 Å². The van der Waals surface area contributed by atoms with E-state index in [1.807, 2.05) is 11.8 Å². The van der Waals surface area contributed by atoms with Gasteiger partial charge < -0.3 is 19.1 Å². The molecule has 11 heteroatoms. The molecule has 9 nitrogen and oxygen atoms in total. The Labute approximate surface area is 221 Å². The first-order chi connectivity index (χ1) is 17.8. The van der Waals surface area contributed by atoms with Gasteiger partial charge in [-0.3, -0.25) is 0 Å². The Kier molecular flexibility index (Phi) is 6.43. The quantitative estimate of drug-likeness (QED) is 0.463. The van der Waals surface area contributed by atoms with Crippen molar-refractivity contribution in [2.75, 3.05) is 0 Å². The molecule has 1 aromatic carbocycles. The Morgan fingerprint density at radius 1 is 1.00 bits per heavy atom. The molecule has 3 heterocycles. The number of carbonyl (C=O) groups is 1. The van der Waals surface area contributed by atoms with E-state index in [1.54, 1.807) is 6.07 Å². The number of benzene rings is 1. The zero-order chi connectivity index (χ0) is 25.7. The summed E-state index contributed by atoms with van der Waals surface area (Å²) in [5.41, 5.74) is 0.618. The predicted molar refractivity (Wildman–Crippen MR) is 135 cm³/mol. The van der Waals surface area contributed by atoms with Crippen LogP contribution in [-0.4, -0.2) is 58.9 Å². The Balaban J connectivity index is 1.12. The number of ether oxygens (including phenoxy) is 3. The maximum Gasteiger partial charge on any atom is 0.410 e. The van der Waals surface area contributed by atoms with Crippen molar-refractivity contribution in [2.24, 2.45) is 0 Å². The van der Waals surface area contributed by atoms with Crippen molar-refractivity contribution in [2.45, 2.75) is 99.1 Å². The first kappa shape index (κ1) is 24.7. The van der Waals surface area contributed by atoms with Gasteiger partial charge in [-0.05, 0) is 70.1 Å². The van der Waals surface area contributed by atoms with Crippen LogP contribution >= 0.6 is 11.6 Å². The largest absolute Gasteiger partial charge is 0.474 e. The van der Waals surface area contributed by atoms with Gasteiger partial charge in [-0.25, -0.2) is 23.2 Å². The number of aromatic nitrogens is 2. The van der Waals surface area contributed by atoms with E-state index in [1.165, 1.54) is 18.5 Å². The molecule has 0 radical (unpaired) electrons. The highest BCUT2D eigenvalue weighted by Gasteiger charge is 2.46. The number of carbonyl (C=O) groups excluding carboxylic acids is 1. The standard InChI is InChI=1S/C26H30ClN3O6S/c1-15-24(34-19-11-16-5-6-17(12-19)30(16)26(31)35-18-3-2-4-18)28-14-29-25(15)36-23-10-9-21(13-22(23)27)37(32,33)20-7-8-20/h9-10,13-14,16-20H,2-8,11-12H2,1H3/t16-,17?,19?/m0/s1. The maximum absolute atomic E-state index is 12.7. The summed E-state index contributed by atoms with van der Waals surface area (Å²) in [6.45, 7) is 1.81. The van der Waals surface area contributed by atoms with Gasteiger partial charge in [0.15, 0.2) is 9.84 Å². The molecule has 0 spiro atoms. The Morgan fingerprint density at radius 2 is 1.70 bits per heavy atom. The minimum absolute atomic E-state index is 0.0790. The van der Waals surface area contributed by atoms with E-state index in [-0.39, 0.29) is 51.4 Å². The molecule has 2 aliphatic carbocycles. The highest BCUT2D eigenvalue weighted by molar-refractivity contribution is 7.92. The van der Waals surface area contributed by atoms with Crippen LogP contribution in [0.2, 0.25) is 5.02 Å². The van der Waals surface area contributed by atoms with Crippen LogP contribution in [0.3, 0.4) is 0 Å². The fraction of sp³-hybridized carbons (Fsp3) is 0.577. The van der Waals surface area contributed by atoms with Gasteiger partial charge in [-0.1, -0.05) is 11.6 Å². The summed E-state index contributed by atoms with van der Waals surface area (Å²) in [6.07, 6.45) is 8.96. The first-order valence-electron chi connectivity index (χ1n) is 13.0. The molecular weight excluding hydrogens is 518 g/mol. The van der Waals surface area contributed by atoms with Crippen molar-refractivity contribution < 1.29 is 27.4 Å². The summed E-state index contributed by atoms with van der Waals surface area (Å²) in [7, 11) is -3.35. The number of rotatable bonds is 7. The van der Waals surface area contributed by atoms with Crippen molar-refractivity contribution in [3.8, 4) is 17.5 Å².